The van der Waals surface area contributed by atoms with Crippen LogP contribution in [-0.4, -0.2) is 24.3 Å². The zero-order valence-corrected chi connectivity index (χ0v) is 12.3. The predicted octanol–water partition coefficient (Wildman–Crippen LogP) is 2.73. The fourth-order valence-electron chi connectivity index (χ4n) is 1.57. The highest BCUT2D eigenvalue weighted by Gasteiger charge is 2.16. The minimum atomic E-state index is -0.499. The van der Waals surface area contributed by atoms with Crippen LogP contribution in [0.15, 0.2) is 24.3 Å². The van der Waals surface area contributed by atoms with Gasteiger partial charge in [-0.3, -0.25) is 0 Å². The van der Waals surface area contributed by atoms with Gasteiger partial charge in [-0.25, -0.2) is 4.79 Å². The van der Waals surface area contributed by atoms with Crippen LogP contribution in [0.2, 0.25) is 5.02 Å². The van der Waals surface area contributed by atoms with Crippen LogP contribution in [0, 0.1) is 0 Å². The number of halogens is 1. The zero-order chi connectivity index (χ0) is 14.5. The molecule has 3 N–H and O–H groups in total. The Morgan fingerprint density at radius 1 is 1.47 bits per heavy atom. The van der Waals surface area contributed by atoms with Gasteiger partial charge in [-0.1, -0.05) is 23.7 Å². The van der Waals surface area contributed by atoms with E-state index in [4.69, 9.17) is 22.1 Å². The third kappa shape index (κ3) is 7.03. The molecule has 0 spiro atoms. The Morgan fingerprint density at radius 3 is 2.74 bits per heavy atom. The molecule has 1 atom stereocenters. The summed E-state index contributed by atoms with van der Waals surface area (Å²) in [5.74, 6) is 0. The maximum Gasteiger partial charge on any atom is 0.407 e. The molecule has 0 heterocycles. The summed E-state index contributed by atoms with van der Waals surface area (Å²) in [6, 6.07) is 7.35. The van der Waals surface area contributed by atoms with E-state index in [-0.39, 0.29) is 6.04 Å². The number of alkyl carbamates (subject to hydrolysis) is 1. The molecule has 1 aromatic carbocycles. The Bertz CT molecular complexity index is 430. The fourth-order valence-corrected chi connectivity index (χ4v) is 1.78. The minimum Gasteiger partial charge on any atom is -0.444 e. The smallest absolute Gasteiger partial charge is 0.407 e. The molecule has 4 nitrogen and oxygen atoms in total. The normalized spacial score (nSPS) is 12.9. The summed E-state index contributed by atoms with van der Waals surface area (Å²) in [5, 5.41) is 3.34. The lowest BCUT2D eigenvalue weighted by atomic mass is 10.1. The lowest BCUT2D eigenvalue weighted by molar-refractivity contribution is 0.0524. The molecule has 1 rings (SSSR count). The van der Waals surface area contributed by atoms with Gasteiger partial charge in [0.05, 0.1) is 0 Å². The van der Waals surface area contributed by atoms with Crippen LogP contribution in [-0.2, 0) is 11.2 Å². The molecule has 19 heavy (non-hydrogen) atoms. The zero-order valence-electron chi connectivity index (χ0n) is 11.6. The van der Waals surface area contributed by atoms with Crippen LogP contribution in [0.25, 0.3) is 0 Å². The van der Waals surface area contributed by atoms with Gasteiger partial charge in [0.15, 0.2) is 0 Å². The van der Waals surface area contributed by atoms with E-state index in [0.717, 1.165) is 5.56 Å². The van der Waals surface area contributed by atoms with Crippen molar-refractivity contribution in [2.45, 2.75) is 38.8 Å². The van der Waals surface area contributed by atoms with Crippen molar-refractivity contribution in [3.8, 4) is 0 Å². The molecule has 0 aliphatic heterocycles. The highest BCUT2D eigenvalue weighted by atomic mass is 35.5. The molecule has 0 unspecified atom stereocenters. The SMILES string of the molecule is CC(C)(C)OC(=O)NC[C@@H](N)Cc1cccc(Cl)c1. The van der Waals surface area contributed by atoms with Gasteiger partial charge in [0.1, 0.15) is 5.60 Å². The Kier molecular flexibility index (Phi) is 5.63. The van der Waals surface area contributed by atoms with Crippen molar-refractivity contribution in [3.05, 3.63) is 34.9 Å². The van der Waals surface area contributed by atoms with E-state index < -0.39 is 11.7 Å². The molecule has 5 heteroatoms. The lowest BCUT2D eigenvalue weighted by Crippen LogP contribution is -2.41. The lowest BCUT2D eigenvalue weighted by Gasteiger charge is -2.20. The summed E-state index contributed by atoms with van der Waals surface area (Å²) in [5.41, 5.74) is 6.50. The Balaban J connectivity index is 2.36. The maximum absolute atomic E-state index is 11.5. The van der Waals surface area contributed by atoms with Crippen molar-refractivity contribution in [3.63, 3.8) is 0 Å². The van der Waals surface area contributed by atoms with Gasteiger partial charge >= 0.3 is 6.09 Å². The first-order valence-corrected chi connectivity index (χ1v) is 6.61. The van der Waals surface area contributed by atoms with Crippen molar-refractivity contribution in [1.29, 1.82) is 0 Å². The molecule has 0 aliphatic rings. The Hall–Kier alpha value is -1.26. The summed E-state index contributed by atoms with van der Waals surface area (Å²) in [4.78, 5) is 11.5. The van der Waals surface area contributed by atoms with Gasteiger partial charge in [0.25, 0.3) is 0 Å². The van der Waals surface area contributed by atoms with Crippen LogP contribution in [0.5, 0.6) is 0 Å². The molecule has 1 amide bonds. The predicted molar refractivity (Wildman–Crippen MR) is 77.4 cm³/mol. The minimum absolute atomic E-state index is 0.175. The van der Waals surface area contributed by atoms with Gasteiger partial charge in [0, 0.05) is 17.6 Å². The summed E-state index contributed by atoms with van der Waals surface area (Å²) in [7, 11) is 0. The van der Waals surface area contributed by atoms with Crippen LogP contribution in [0.4, 0.5) is 4.79 Å². The number of nitrogens with one attached hydrogen (secondary N) is 1. The van der Waals surface area contributed by atoms with Gasteiger partial charge in [0.2, 0.25) is 0 Å². The van der Waals surface area contributed by atoms with Gasteiger partial charge in [-0.05, 0) is 44.9 Å². The number of hydrogen-bond acceptors (Lipinski definition) is 3. The number of ether oxygens (including phenoxy) is 1. The van der Waals surface area contributed by atoms with Crippen molar-refractivity contribution < 1.29 is 9.53 Å². The second kappa shape index (κ2) is 6.78. The summed E-state index contributed by atoms with van der Waals surface area (Å²) >= 11 is 5.90. The number of hydrogen-bond donors (Lipinski definition) is 2. The second-order valence-corrected chi connectivity index (χ2v) is 5.91. The second-order valence-electron chi connectivity index (χ2n) is 5.48. The highest BCUT2D eigenvalue weighted by molar-refractivity contribution is 6.30. The Morgan fingerprint density at radius 2 is 2.16 bits per heavy atom. The largest absolute Gasteiger partial charge is 0.444 e. The summed E-state index contributed by atoms with van der Waals surface area (Å²) in [6.45, 7) is 5.82. The summed E-state index contributed by atoms with van der Waals surface area (Å²) in [6.07, 6.45) is 0.199. The number of benzene rings is 1. The van der Waals surface area contributed by atoms with Crippen LogP contribution >= 0.6 is 11.6 Å². The monoisotopic (exact) mass is 284 g/mol. The molecule has 0 saturated heterocycles. The van der Waals surface area contributed by atoms with E-state index in [1.807, 2.05) is 45.0 Å². The average Bonchev–Trinajstić information content (AvgIpc) is 2.24. The number of carbonyl (C=O) groups excluding carboxylic acids is 1. The molecular weight excluding hydrogens is 264 g/mol. The van der Waals surface area contributed by atoms with E-state index in [1.54, 1.807) is 0 Å². The Labute approximate surface area is 119 Å². The number of carbonyl (C=O) groups is 1. The maximum atomic E-state index is 11.5. The first kappa shape index (κ1) is 15.8. The number of nitrogens with two attached hydrogens (primary N) is 1. The first-order chi connectivity index (χ1) is 8.76. The van der Waals surface area contributed by atoms with Gasteiger partial charge < -0.3 is 15.8 Å². The van der Waals surface area contributed by atoms with E-state index in [9.17, 15) is 4.79 Å². The number of amides is 1. The molecule has 0 fully saturated rings. The number of rotatable bonds is 4. The third-order valence-corrected chi connectivity index (χ3v) is 2.53. The topological polar surface area (TPSA) is 64.3 Å². The van der Waals surface area contributed by atoms with Gasteiger partial charge in [-0.2, -0.15) is 0 Å². The van der Waals surface area contributed by atoms with Crippen molar-refractivity contribution in [2.75, 3.05) is 6.54 Å². The standard InChI is InChI=1S/C14H21ClN2O2/c1-14(2,3)19-13(18)17-9-12(16)8-10-5-4-6-11(15)7-10/h4-7,12H,8-9,16H2,1-3H3,(H,17,18)/t12-/m0/s1. The molecular formula is C14H21ClN2O2. The average molecular weight is 285 g/mol. The van der Waals surface area contributed by atoms with Crippen molar-refractivity contribution in [1.82, 2.24) is 5.32 Å². The molecule has 106 valence electrons. The van der Waals surface area contributed by atoms with E-state index in [2.05, 4.69) is 5.32 Å². The molecule has 0 radical (unpaired) electrons. The quantitative estimate of drug-likeness (QED) is 0.893. The molecule has 0 aliphatic carbocycles. The van der Waals surface area contributed by atoms with Crippen LogP contribution in [0.3, 0.4) is 0 Å². The van der Waals surface area contributed by atoms with Crippen molar-refractivity contribution in [2.24, 2.45) is 5.73 Å². The van der Waals surface area contributed by atoms with Crippen molar-refractivity contribution >= 4 is 17.7 Å². The fraction of sp³-hybridized carbons (Fsp3) is 0.500. The molecule has 1 aromatic rings. The van der Waals surface area contributed by atoms with Crippen LogP contribution < -0.4 is 11.1 Å². The first-order valence-electron chi connectivity index (χ1n) is 6.23. The molecule has 0 saturated carbocycles. The molecule has 0 bridgehead atoms. The van der Waals surface area contributed by atoms with E-state index in [0.29, 0.717) is 18.0 Å². The highest BCUT2D eigenvalue weighted by Crippen LogP contribution is 2.12. The summed E-state index contributed by atoms with van der Waals surface area (Å²) < 4.78 is 5.13. The van der Waals surface area contributed by atoms with E-state index >= 15 is 0 Å². The molecule has 0 aromatic heterocycles. The van der Waals surface area contributed by atoms with E-state index in [1.165, 1.54) is 0 Å². The van der Waals surface area contributed by atoms with Gasteiger partial charge in [-0.15, -0.1) is 0 Å². The third-order valence-electron chi connectivity index (χ3n) is 2.29. The van der Waals surface area contributed by atoms with Crippen LogP contribution in [0.1, 0.15) is 26.3 Å².